The molecule has 2 atom stereocenters. The molecule has 2 amide bonds. The summed E-state index contributed by atoms with van der Waals surface area (Å²) in [6.45, 7) is 6.46. The molecule has 4 heteroatoms. The number of rotatable bonds is 6. The fraction of sp³-hybridized carbons (Fsp3) is 0.857. The average molecular weight is 252 g/mol. The Hall–Kier alpha value is -0.900. The van der Waals surface area contributed by atoms with Gasteiger partial charge in [0.2, 0.25) is 11.8 Å². The lowest BCUT2D eigenvalue weighted by molar-refractivity contribution is -0.140. The van der Waals surface area contributed by atoms with E-state index < -0.39 is 0 Å². The number of fused-ring (bicyclic) bond motifs is 1. The van der Waals surface area contributed by atoms with Crippen LogP contribution in [0.1, 0.15) is 39.5 Å². The molecule has 0 bridgehead atoms. The first kappa shape index (κ1) is 13.5. The largest absolute Gasteiger partial charge is 0.315 e. The van der Waals surface area contributed by atoms with Crippen LogP contribution in [-0.4, -0.2) is 36.3 Å². The van der Waals surface area contributed by atoms with E-state index in [-0.39, 0.29) is 23.7 Å². The molecular formula is C14H24N2O2. The topological polar surface area (TPSA) is 49.4 Å². The Labute approximate surface area is 109 Å². The quantitative estimate of drug-likeness (QED) is 0.574. The molecule has 0 spiro atoms. The summed E-state index contributed by atoms with van der Waals surface area (Å²) < 4.78 is 0. The van der Waals surface area contributed by atoms with Crippen molar-refractivity contribution in [2.24, 2.45) is 17.8 Å². The molecule has 1 saturated heterocycles. The molecule has 4 nitrogen and oxygen atoms in total. The second kappa shape index (κ2) is 5.83. The maximum atomic E-state index is 12.2. The van der Waals surface area contributed by atoms with Crippen LogP contribution in [0.3, 0.4) is 0 Å². The van der Waals surface area contributed by atoms with Gasteiger partial charge in [-0.2, -0.15) is 0 Å². The zero-order chi connectivity index (χ0) is 13.1. The van der Waals surface area contributed by atoms with E-state index in [2.05, 4.69) is 19.2 Å². The summed E-state index contributed by atoms with van der Waals surface area (Å²) in [5.74, 6) is 0.731. The Morgan fingerprint density at radius 2 is 1.72 bits per heavy atom. The van der Waals surface area contributed by atoms with Gasteiger partial charge in [0, 0.05) is 13.1 Å². The molecule has 1 N–H and O–H groups in total. The van der Waals surface area contributed by atoms with Crippen LogP contribution in [0.25, 0.3) is 0 Å². The van der Waals surface area contributed by atoms with Gasteiger partial charge in [-0.05, 0) is 31.7 Å². The molecule has 1 heterocycles. The van der Waals surface area contributed by atoms with Crippen molar-refractivity contribution in [2.75, 3.05) is 19.6 Å². The lowest BCUT2D eigenvalue weighted by Gasteiger charge is -2.17. The number of amides is 2. The number of hydrogen-bond donors (Lipinski definition) is 1. The van der Waals surface area contributed by atoms with Gasteiger partial charge in [-0.25, -0.2) is 0 Å². The smallest absolute Gasteiger partial charge is 0.233 e. The minimum absolute atomic E-state index is 0.00590. The number of hydrogen-bond acceptors (Lipinski definition) is 3. The highest BCUT2D eigenvalue weighted by Crippen LogP contribution is 2.44. The summed E-state index contributed by atoms with van der Waals surface area (Å²) in [5, 5.41) is 3.24. The maximum absolute atomic E-state index is 12.2. The van der Waals surface area contributed by atoms with Crippen LogP contribution in [0.5, 0.6) is 0 Å². The molecule has 2 fully saturated rings. The van der Waals surface area contributed by atoms with Gasteiger partial charge in [-0.15, -0.1) is 0 Å². The number of imide groups is 1. The first-order chi connectivity index (χ1) is 8.69. The predicted octanol–water partition coefficient (Wildman–Crippen LogP) is 1.41. The van der Waals surface area contributed by atoms with E-state index in [1.165, 1.54) is 4.90 Å². The third-order valence-electron chi connectivity index (χ3n) is 4.34. The fourth-order valence-electron chi connectivity index (χ4n) is 3.24. The van der Waals surface area contributed by atoms with Crippen molar-refractivity contribution < 1.29 is 9.59 Å². The van der Waals surface area contributed by atoms with Crippen LogP contribution in [0.4, 0.5) is 0 Å². The van der Waals surface area contributed by atoms with Crippen LogP contribution in [0.15, 0.2) is 0 Å². The van der Waals surface area contributed by atoms with Gasteiger partial charge >= 0.3 is 0 Å². The highest BCUT2D eigenvalue weighted by atomic mass is 16.2. The monoisotopic (exact) mass is 252 g/mol. The summed E-state index contributed by atoms with van der Waals surface area (Å²) in [5.41, 5.74) is 0. The van der Waals surface area contributed by atoms with Crippen molar-refractivity contribution in [2.45, 2.75) is 39.5 Å². The number of nitrogens with one attached hydrogen (secondary N) is 1. The molecule has 0 aromatic carbocycles. The van der Waals surface area contributed by atoms with Crippen molar-refractivity contribution in [3.63, 3.8) is 0 Å². The van der Waals surface area contributed by atoms with Crippen LogP contribution >= 0.6 is 0 Å². The molecule has 1 saturated carbocycles. The molecule has 0 aromatic rings. The van der Waals surface area contributed by atoms with Crippen LogP contribution < -0.4 is 5.32 Å². The van der Waals surface area contributed by atoms with Crippen molar-refractivity contribution in [3.05, 3.63) is 0 Å². The summed E-state index contributed by atoms with van der Waals surface area (Å²) in [7, 11) is 0. The van der Waals surface area contributed by atoms with Crippen molar-refractivity contribution in [1.29, 1.82) is 0 Å². The number of carbonyl (C=O) groups excluding carboxylic acids is 2. The van der Waals surface area contributed by atoms with E-state index in [0.29, 0.717) is 12.5 Å². The first-order valence-electron chi connectivity index (χ1n) is 7.24. The van der Waals surface area contributed by atoms with Gasteiger partial charge in [-0.3, -0.25) is 14.5 Å². The third-order valence-corrected chi connectivity index (χ3v) is 4.34. The Balaban J connectivity index is 1.88. The van der Waals surface area contributed by atoms with Gasteiger partial charge in [-0.1, -0.05) is 20.3 Å². The zero-order valence-electron chi connectivity index (χ0n) is 11.4. The molecule has 2 rings (SSSR count). The maximum Gasteiger partial charge on any atom is 0.233 e. The van der Waals surface area contributed by atoms with Gasteiger partial charge in [0.1, 0.15) is 0 Å². The van der Waals surface area contributed by atoms with E-state index in [0.717, 1.165) is 38.8 Å². The normalized spacial score (nSPS) is 31.2. The molecule has 0 radical (unpaired) electrons. The van der Waals surface area contributed by atoms with Crippen molar-refractivity contribution in [3.8, 4) is 0 Å². The zero-order valence-corrected chi connectivity index (χ0v) is 11.4. The second-order valence-corrected chi connectivity index (χ2v) is 5.54. The van der Waals surface area contributed by atoms with Gasteiger partial charge < -0.3 is 5.32 Å². The Bertz CT molecular complexity index is 306. The number of carbonyl (C=O) groups is 2. The van der Waals surface area contributed by atoms with E-state index in [1.54, 1.807) is 0 Å². The molecule has 2 aliphatic rings. The Morgan fingerprint density at radius 3 is 2.22 bits per heavy atom. The third kappa shape index (κ3) is 2.44. The number of likely N-dealkylation sites (tertiary alicyclic amines) is 1. The summed E-state index contributed by atoms with van der Waals surface area (Å²) in [6.07, 6.45) is 4.01. The molecule has 102 valence electrons. The first-order valence-corrected chi connectivity index (χ1v) is 7.24. The molecular weight excluding hydrogens is 228 g/mol. The van der Waals surface area contributed by atoms with Crippen molar-refractivity contribution in [1.82, 2.24) is 10.2 Å². The predicted molar refractivity (Wildman–Crippen MR) is 69.9 cm³/mol. The Kier molecular flexibility index (Phi) is 4.38. The van der Waals surface area contributed by atoms with E-state index in [4.69, 9.17) is 0 Å². The second-order valence-electron chi connectivity index (χ2n) is 5.54. The van der Waals surface area contributed by atoms with E-state index in [9.17, 15) is 9.59 Å². The highest BCUT2D eigenvalue weighted by molar-refractivity contribution is 6.05. The van der Waals surface area contributed by atoms with Gasteiger partial charge in [0.05, 0.1) is 11.8 Å². The van der Waals surface area contributed by atoms with E-state index in [1.807, 2.05) is 0 Å². The van der Waals surface area contributed by atoms with Crippen LogP contribution in [0.2, 0.25) is 0 Å². The number of nitrogens with zero attached hydrogens (tertiary/aromatic N) is 1. The standard InChI is InChI=1S/C14H24N2O2/c1-3-5-15-6-7-16-13(17)11-8-10(4-2)9-12(11)14(16)18/h10-12,15H,3-9H2,1-2H3. The average Bonchev–Trinajstić information content (AvgIpc) is 2.89. The molecule has 0 aromatic heterocycles. The lowest BCUT2D eigenvalue weighted by atomic mass is 10.00. The fourth-order valence-corrected chi connectivity index (χ4v) is 3.24. The Morgan fingerprint density at radius 1 is 1.11 bits per heavy atom. The molecule has 1 aliphatic heterocycles. The lowest BCUT2D eigenvalue weighted by Crippen LogP contribution is -2.38. The minimum atomic E-state index is -0.00590. The van der Waals surface area contributed by atoms with Crippen molar-refractivity contribution >= 4 is 11.8 Å². The van der Waals surface area contributed by atoms with Crippen LogP contribution in [-0.2, 0) is 9.59 Å². The highest BCUT2D eigenvalue weighted by Gasteiger charge is 2.51. The summed E-state index contributed by atoms with van der Waals surface area (Å²) in [4.78, 5) is 25.9. The molecule has 1 aliphatic carbocycles. The summed E-state index contributed by atoms with van der Waals surface area (Å²) >= 11 is 0. The molecule has 18 heavy (non-hydrogen) atoms. The van der Waals surface area contributed by atoms with Crippen LogP contribution in [0, 0.1) is 17.8 Å². The SMILES string of the molecule is CCCNCCN1C(=O)C2CC(CC)CC2C1=O. The van der Waals surface area contributed by atoms with Gasteiger partial charge in [0.15, 0.2) is 0 Å². The molecule has 2 unspecified atom stereocenters. The van der Waals surface area contributed by atoms with E-state index >= 15 is 0 Å². The summed E-state index contributed by atoms with van der Waals surface area (Å²) in [6, 6.07) is 0. The van der Waals surface area contributed by atoms with Gasteiger partial charge in [0.25, 0.3) is 0 Å². The minimum Gasteiger partial charge on any atom is -0.315 e.